The van der Waals surface area contributed by atoms with Gasteiger partial charge in [-0.25, -0.2) is 9.97 Å². The lowest BCUT2D eigenvalue weighted by Crippen LogP contribution is -2.14. The average molecular weight is 277 g/mol. The van der Waals surface area contributed by atoms with Crippen LogP contribution >= 0.6 is 11.3 Å². The van der Waals surface area contributed by atoms with Gasteiger partial charge in [-0.1, -0.05) is 0 Å². The van der Waals surface area contributed by atoms with E-state index in [1.165, 1.54) is 11.3 Å². The molecule has 5 nitrogen and oxygen atoms in total. The summed E-state index contributed by atoms with van der Waals surface area (Å²) in [4.78, 5) is 21.6. The molecule has 1 N–H and O–H groups in total. The Morgan fingerprint density at radius 2 is 2.26 bits per heavy atom. The van der Waals surface area contributed by atoms with Crippen molar-refractivity contribution in [3.8, 4) is 5.88 Å². The van der Waals surface area contributed by atoms with Crippen LogP contribution in [0.2, 0.25) is 0 Å². The molecule has 0 radical (unpaired) electrons. The molecule has 6 heteroatoms. The lowest BCUT2D eigenvalue weighted by molar-refractivity contribution is 0.102. The van der Waals surface area contributed by atoms with Gasteiger partial charge in [-0.3, -0.25) is 10.1 Å². The van der Waals surface area contributed by atoms with Crippen molar-refractivity contribution in [2.45, 2.75) is 20.8 Å². The first-order chi connectivity index (χ1) is 9.11. The number of hydrogen-bond donors (Lipinski definition) is 1. The monoisotopic (exact) mass is 277 g/mol. The van der Waals surface area contributed by atoms with Crippen molar-refractivity contribution >= 4 is 22.4 Å². The standard InChI is InChI=1S/C13H15N3O2S/c1-4-18-12-10(6-5-7-14-12)11(17)16-13-15-8(2)9(3)19-13/h5-7H,4H2,1-3H3,(H,15,16,17). The van der Waals surface area contributed by atoms with Gasteiger partial charge in [0.05, 0.1) is 12.3 Å². The third-order valence-corrected chi connectivity index (χ3v) is 3.53. The molecule has 0 fully saturated rings. The molecule has 0 atom stereocenters. The number of carbonyl (C=O) groups is 1. The third kappa shape index (κ3) is 3.08. The minimum absolute atomic E-state index is 0.259. The van der Waals surface area contributed by atoms with E-state index in [-0.39, 0.29) is 5.91 Å². The number of nitrogens with one attached hydrogen (secondary N) is 1. The Labute approximate surface area is 115 Å². The first-order valence-electron chi connectivity index (χ1n) is 5.95. The predicted molar refractivity (Wildman–Crippen MR) is 74.9 cm³/mol. The molecule has 0 aliphatic carbocycles. The van der Waals surface area contributed by atoms with Gasteiger partial charge >= 0.3 is 0 Å². The molecule has 0 unspecified atom stereocenters. The summed E-state index contributed by atoms with van der Waals surface area (Å²) in [5, 5.41) is 3.36. The summed E-state index contributed by atoms with van der Waals surface area (Å²) >= 11 is 1.45. The van der Waals surface area contributed by atoms with E-state index < -0.39 is 0 Å². The zero-order valence-electron chi connectivity index (χ0n) is 11.1. The molecule has 0 bridgehead atoms. The number of ether oxygens (including phenoxy) is 1. The normalized spacial score (nSPS) is 10.3. The minimum Gasteiger partial charge on any atom is -0.477 e. The Bertz CT molecular complexity index is 576. The second kappa shape index (κ2) is 5.79. The molecule has 100 valence electrons. The van der Waals surface area contributed by atoms with Crippen molar-refractivity contribution in [3.63, 3.8) is 0 Å². The highest BCUT2D eigenvalue weighted by atomic mass is 32.1. The molecule has 2 rings (SSSR count). The maximum Gasteiger partial charge on any atom is 0.262 e. The highest BCUT2D eigenvalue weighted by Crippen LogP contribution is 2.23. The highest BCUT2D eigenvalue weighted by molar-refractivity contribution is 7.15. The molecule has 19 heavy (non-hydrogen) atoms. The topological polar surface area (TPSA) is 64.1 Å². The molecule has 0 spiro atoms. The fourth-order valence-electron chi connectivity index (χ4n) is 1.51. The van der Waals surface area contributed by atoms with Crippen LogP contribution in [0.25, 0.3) is 0 Å². The van der Waals surface area contributed by atoms with E-state index in [0.29, 0.717) is 23.2 Å². The summed E-state index contributed by atoms with van der Waals surface area (Å²) in [6.45, 7) is 6.20. The van der Waals surface area contributed by atoms with Crippen molar-refractivity contribution in [1.29, 1.82) is 0 Å². The van der Waals surface area contributed by atoms with Gasteiger partial charge in [0.15, 0.2) is 5.13 Å². The van der Waals surface area contributed by atoms with Crippen LogP contribution in [0, 0.1) is 13.8 Å². The van der Waals surface area contributed by atoms with Gasteiger partial charge in [-0.15, -0.1) is 11.3 Å². The van der Waals surface area contributed by atoms with Crippen LogP contribution < -0.4 is 10.1 Å². The SMILES string of the molecule is CCOc1ncccc1C(=O)Nc1nc(C)c(C)s1. The molecule has 2 heterocycles. The van der Waals surface area contributed by atoms with Gasteiger partial charge in [0.1, 0.15) is 5.56 Å². The van der Waals surface area contributed by atoms with Crippen LogP contribution in [0.4, 0.5) is 5.13 Å². The minimum atomic E-state index is -0.259. The molecule has 0 aromatic carbocycles. The van der Waals surface area contributed by atoms with Gasteiger partial charge in [0, 0.05) is 11.1 Å². The Balaban J connectivity index is 2.20. The van der Waals surface area contributed by atoms with Crippen molar-refractivity contribution < 1.29 is 9.53 Å². The van der Waals surface area contributed by atoms with Crippen LogP contribution in [-0.4, -0.2) is 22.5 Å². The third-order valence-electron chi connectivity index (χ3n) is 2.55. The molecule has 1 amide bonds. The average Bonchev–Trinajstić information content (AvgIpc) is 2.69. The zero-order chi connectivity index (χ0) is 13.8. The quantitative estimate of drug-likeness (QED) is 0.933. The predicted octanol–water partition coefficient (Wildman–Crippen LogP) is 2.81. The first kappa shape index (κ1) is 13.5. The smallest absolute Gasteiger partial charge is 0.262 e. The summed E-state index contributed by atoms with van der Waals surface area (Å²) < 4.78 is 5.34. The van der Waals surface area contributed by atoms with E-state index >= 15 is 0 Å². The van der Waals surface area contributed by atoms with Crippen molar-refractivity contribution in [2.75, 3.05) is 11.9 Å². The lowest BCUT2D eigenvalue weighted by Gasteiger charge is -2.07. The summed E-state index contributed by atoms with van der Waals surface area (Å²) in [7, 11) is 0. The molecule has 2 aromatic heterocycles. The maximum absolute atomic E-state index is 12.2. The Morgan fingerprint density at radius 1 is 1.47 bits per heavy atom. The number of carbonyl (C=O) groups excluding carboxylic acids is 1. The van der Waals surface area contributed by atoms with Gasteiger partial charge in [0.25, 0.3) is 5.91 Å². The summed E-state index contributed by atoms with van der Waals surface area (Å²) in [6.07, 6.45) is 1.60. The lowest BCUT2D eigenvalue weighted by atomic mass is 10.2. The van der Waals surface area contributed by atoms with Crippen LogP contribution in [0.5, 0.6) is 5.88 Å². The van der Waals surface area contributed by atoms with Gasteiger partial charge in [-0.2, -0.15) is 0 Å². The van der Waals surface area contributed by atoms with E-state index in [2.05, 4.69) is 15.3 Å². The van der Waals surface area contributed by atoms with E-state index in [1.807, 2.05) is 20.8 Å². The number of anilines is 1. The molecule has 0 aliphatic rings. The van der Waals surface area contributed by atoms with E-state index in [4.69, 9.17) is 4.74 Å². The molecular weight excluding hydrogens is 262 g/mol. The van der Waals surface area contributed by atoms with Crippen molar-refractivity contribution in [2.24, 2.45) is 0 Å². The maximum atomic E-state index is 12.2. The summed E-state index contributed by atoms with van der Waals surface area (Å²) in [6, 6.07) is 3.39. The zero-order valence-corrected chi connectivity index (χ0v) is 11.9. The number of aromatic nitrogens is 2. The second-order valence-electron chi connectivity index (χ2n) is 3.90. The molecule has 2 aromatic rings. The van der Waals surface area contributed by atoms with Crippen LogP contribution in [0.3, 0.4) is 0 Å². The Hall–Kier alpha value is -1.95. The van der Waals surface area contributed by atoms with Gasteiger partial charge in [0.2, 0.25) is 5.88 Å². The number of rotatable bonds is 4. The highest BCUT2D eigenvalue weighted by Gasteiger charge is 2.15. The number of aryl methyl sites for hydroxylation is 2. The second-order valence-corrected chi connectivity index (χ2v) is 5.11. The van der Waals surface area contributed by atoms with Crippen molar-refractivity contribution in [1.82, 2.24) is 9.97 Å². The van der Waals surface area contributed by atoms with E-state index in [1.54, 1.807) is 18.3 Å². The summed E-state index contributed by atoms with van der Waals surface area (Å²) in [5.74, 6) is 0.0813. The van der Waals surface area contributed by atoms with Gasteiger partial charge in [-0.05, 0) is 32.9 Å². The van der Waals surface area contributed by atoms with Crippen molar-refractivity contribution in [3.05, 3.63) is 34.5 Å². The fourth-order valence-corrected chi connectivity index (χ4v) is 2.32. The number of amides is 1. The first-order valence-corrected chi connectivity index (χ1v) is 6.76. The van der Waals surface area contributed by atoms with Gasteiger partial charge < -0.3 is 4.74 Å². The number of nitrogens with zero attached hydrogens (tertiary/aromatic N) is 2. The van der Waals surface area contributed by atoms with E-state index in [0.717, 1.165) is 10.6 Å². The van der Waals surface area contributed by atoms with Crippen LogP contribution in [0.15, 0.2) is 18.3 Å². The largest absolute Gasteiger partial charge is 0.477 e. The fraction of sp³-hybridized carbons (Fsp3) is 0.308. The summed E-state index contributed by atoms with van der Waals surface area (Å²) in [5.41, 5.74) is 1.34. The molecular formula is C13H15N3O2S. The van der Waals surface area contributed by atoms with E-state index in [9.17, 15) is 4.79 Å². The number of pyridine rings is 1. The van der Waals surface area contributed by atoms with Crippen LogP contribution in [-0.2, 0) is 0 Å². The number of hydrogen-bond acceptors (Lipinski definition) is 5. The Kier molecular flexibility index (Phi) is 4.11. The molecule has 0 saturated carbocycles. The Morgan fingerprint density at radius 3 is 2.89 bits per heavy atom. The van der Waals surface area contributed by atoms with Crippen LogP contribution in [0.1, 0.15) is 27.9 Å². The molecule has 0 saturated heterocycles. The number of thiazole rings is 1. The molecule has 0 aliphatic heterocycles.